The second-order valence-electron chi connectivity index (χ2n) is 7.65. The van der Waals surface area contributed by atoms with E-state index in [-0.39, 0.29) is 11.9 Å². The van der Waals surface area contributed by atoms with Crippen LogP contribution in [-0.2, 0) is 17.8 Å². The third kappa shape index (κ3) is 5.04. The van der Waals surface area contributed by atoms with Gasteiger partial charge in [0.1, 0.15) is 0 Å². The first-order chi connectivity index (χ1) is 15.1. The molecule has 0 aromatic heterocycles. The molecule has 31 heavy (non-hydrogen) atoms. The van der Waals surface area contributed by atoms with E-state index in [1.807, 2.05) is 95.7 Å². The van der Waals surface area contributed by atoms with E-state index in [4.69, 9.17) is 0 Å². The SMILES string of the molecule is CN(CC(=O)N1CCc2c(cccc2NC(=O)Nc2ccccc2)C1)c1ccccc1. The lowest BCUT2D eigenvalue weighted by Gasteiger charge is -2.32. The average Bonchev–Trinajstić information content (AvgIpc) is 2.80. The highest BCUT2D eigenvalue weighted by Gasteiger charge is 2.23. The topological polar surface area (TPSA) is 64.7 Å². The van der Waals surface area contributed by atoms with Crippen molar-refractivity contribution in [3.8, 4) is 0 Å². The third-order valence-corrected chi connectivity index (χ3v) is 5.47. The number of likely N-dealkylation sites (N-methyl/N-ethyl adjacent to an activating group) is 1. The van der Waals surface area contributed by atoms with Gasteiger partial charge in [-0.2, -0.15) is 0 Å². The minimum absolute atomic E-state index is 0.0946. The minimum Gasteiger partial charge on any atom is -0.365 e. The van der Waals surface area contributed by atoms with Crippen molar-refractivity contribution in [1.29, 1.82) is 0 Å². The molecule has 2 N–H and O–H groups in total. The number of fused-ring (bicyclic) bond motifs is 1. The zero-order valence-corrected chi connectivity index (χ0v) is 17.5. The van der Waals surface area contributed by atoms with Crippen LogP contribution in [0.25, 0.3) is 0 Å². The van der Waals surface area contributed by atoms with Gasteiger partial charge in [0.05, 0.1) is 6.54 Å². The Kier molecular flexibility index (Phi) is 6.17. The van der Waals surface area contributed by atoms with Crippen molar-refractivity contribution in [1.82, 2.24) is 4.90 Å². The van der Waals surface area contributed by atoms with E-state index in [1.165, 1.54) is 0 Å². The number of nitrogens with one attached hydrogen (secondary N) is 2. The summed E-state index contributed by atoms with van der Waals surface area (Å²) in [5.41, 5.74) is 4.71. The highest BCUT2D eigenvalue weighted by atomic mass is 16.2. The highest BCUT2D eigenvalue weighted by molar-refractivity contribution is 6.00. The minimum atomic E-state index is -0.275. The number of carbonyl (C=O) groups excluding carboxylic acids is 2. The summed E-state index contributed by atoms with van der Waals surface area (Å²) in [4.78, 5) is 29.1. The number of carbonyl (C=O) groups is 2. The molecular weight excluding hydrogens is 388 g/mol. The summed E-state index contributed by atoms with van der Waals surface area (Å²) in [6, 6.07) is 24.8. The fourth-order valence-electron chi connectivity index (χ4n) is 3.82. The number of anilines is 3. The van der Waals surface area contributed by atoms with Crippen LogP contribution in [0.1, 0.15) is 11.1 Å². The van der Waals surface area contributed by atoms with Crippen molar-refractivity contribution >= 4 is 29.0 Å². The van der Waals surface area contributed by atoms with Crippen molar-refractivity contribution in [3.05, 3.63) is 90.0 Å². The normalized spacial score (nSPS) is 12.6. The van der Waals surface area contributed by atoms with Crippen LogP contribution in [0.15, 0.2) is 78.9 Å². The van der Waals surface area contributed by atoms with Crippen molar-refractivity contribution in [3.63, 3.8) is 0 Å². The van der Waals surface area contributed by atoms with Gasteiger partial charge in [-0.1, -0.05) is 48.5 Å². The van der Waals surface area contributed by atoms with E-state index in [0.717, 1.165) is 28.2 Å². The van der Waals surface area contributed by atoms with Gasteiger partial charge in [-0.25, -0.2) is 4.79 Å². The maximum absolute atomic E-state index is 12.9. The van der Waals surface area contributed by atoms with Crippen molar-refractivity contribution in [2.24, 2.45) is 0 Å². The predicted molar refractivity (Wildman–Crippen MR) is 124 cm³/mol. The molecule has 0 bridgehead atoms. The fraction of sp³-hybridized carbons (Fsp3) is 0.200. The van der Waals surface area contributed by atoms with Gasteiger partial charge in [0, 0.05) is 37.2 Å². The maximum Gasteiger partial charge on any atom is 0.323 e. The molecule has 3 amide bonds. The predicted octanol–water partition coefficient (Wildman–Crippen LogP) is 4.35. The molecule has 158 valence electrons. The van der Waals surface area contributed by atoms with Crippen LogP contribution in [0.2, 0.25) is 0 Å². The first-order valence-corrected chi connectivity index (χ1v) is 10.4. The monoisotopic (exact) mass is 414 g/mol. The quantitative estimate of drug-likeness (QED) is 0.652. The molecule has 0 spiro atoms. The second-order valence-corrected chi connectivity index (χ2v) is 7.65. The average molecular weight is 415 g/mol. The number of para-hydroxylation sites is 2. The molecule has 0 radical (unpaired) electrons. The summed E-state index contributed by atoms with van der Waals surface area (Å²) in [7, 11) is 1.93. The van der Waals surface area contributed by atoms with Gasteiger partial charge in [-0.3, -0.25) is 4.79 Å². The molecule has 3 aromatic carbocycles. The highest BCUT2D eigenvalue weighted by Crippen LogP contribution is 2.27. The van der Waals surface area contributed by atoms with E-state index >= 15 is 0 Å². The Morgan fingerprint density at radius 3 is 2.35 bits per heavy atom. The molecule has 4 rings (SSSR count). The van der Waals surface area contributed by atoms with Crippen molar-refractivity contribution < 1.29 is 9.59 Å². The van der Waals surface area contributed by atoms with E-state index in [1.54, 1.807) is 0 Å². The van der Waals surface area contributed by atoms with Crippen LogP contribution in [0, 0.1) is 0 Å². The van der Waals surface area contributed by atoms with Crippen LogP contribution in [0.3, 0.4) is 0 Å². The molecule has 0 fully saturated rings. The number of hydrogen-bond donors (Lipinski definition) is 2. The number of benzene rings is 3. The number of amides is 3. The Morgan fingerprint density at radius 2 is 1.61 bits per heavy atom. The molecule has 0 saturated carbocycles. The smallest absolute Gasteiger partial charge is 0.323 e. The molecule has 0 atom stereocenters. The largest absolute Gasteiger partial charge is 0.365 e. The second kappa shape index (κ2) is 9.34. The van der Waals surface area contributed by atoms with Crippen LogP contribution in [-0.4, -0.2) is 37.0 Å². The summed E-state index contributed by atoms with van der Waals surface area (Å²) in [6.07, 6.45) is 0.706. The molecule has 1 aliphatic rings. The Hall–Kier alpha value is -3.80. The van der Waals surface area contributed by atoms with Crippen LogP contribution >= 0.6 is 0 Å². The fourth-order valence-corrected chi connectivity index (χ4v) is 3.82. The van der Waals surface area contributed by atoms with Crippen LogP contribution < -0.4 is 15.5 Å². The first kappa shape index (κ1) is 20.5. The summed E-state index contributed by atoms with van der Waals surface area (Å²) >= 11 is 0. The molecule has 1 heterocycles. The molecule has 0 aliphatic carbocycles. The Balaban J connectivity index is 1.39. The molecule has 0 saturated heterocycles. The van der Waals surface area contributed by atoms with Crippen LogP contribution in [0.4, 0.5) is 21.9 Å². The zero-order chi connectivity index (χ0) is 21.6. The number of rotatable bonds is 5. The summed E-state index contributed by atoms with van der Waals surface area (Å²) in [5.74, 6) is 0.0946. The van der Waals surface area contributed by atoms with Crippen molar-refractivity contribution in [2.45, 2.75) is 13.0 Å². The van der Waals surface area contributed by atoms with Gasteiger partial charge in [0.25, 0.3) is 0 Å². The molecule has 6 heteroatoms. The van der Waals surface area contributed by atoms with Crippen LogP contribution in [0.5, 0.6) is 0 Å². The molecule has 3 aromatic rings. The van der Waals surface area contributed by atoms with Gasteiger partial charge in [0.15, 0.2) is 0 Å². The van der Waals surface area contributed by atoms with E-state index in [9.17, 15) is 9.59 Å². The van der Waals surface area contributed by atoms with Gasteiger partial charge < -0.3 is 20.4 Å². The maximum atomic E-state index is 12.9. The first-order valence-electron chi connectivity index (χ1n) is 10.4. The van der Waals surface area contributed by atoms with Crippen molar-refractivity contribution in [2.75, 3.05) is 35.7 Å². The third-order valence-electron chi connectivity index (χ3n) is 5.47. The van der Waals surface area contributed by atoms with Gasteiger partial charge >= 0.3 is 6.03 Å². The molecule has 6 nitrogen and oxygen atoms in total. The zero-order valence-electron chi connectivity index (χ0n) is 17.5. The number of nitrogens with zero attached hydrogens (tertiary/aromatic N) is 2. The lowest BCUT2D eigenvalue weighted by Crippen LogP contribution is -2.42. The summed E-state index contributed by atoms with van der Waals surface area (Å²) in [6.45, 7) is 1.51. The van der Waals surface area contributed by atoms with E-state index in [0.29, 0.717) is 26.1 Å². The molecule has 1 aliphatic heterocycles. The van der Waals surface area contributed by atoms with Gasteiger partial charge in [-0.15, -0.1) is 0 Å². The Bertz CT molecular complexity index is 1050. The van der Waals surface area contributed by atoms with E-state index < -0.39 is 0 Å². The lowest BCUT2D eigenvalue weighted by molar-refractivity contribution is -0.130. The summed E-state index contributed by atoms with van der Waals surface area (Å²) in [5, 5.41) is 5.80. The van der Waals surface area contributed by atoms with Gasteiger partial charge in [-0.05, 0) is 47.9 Å². The lowest BCUT2D eigenvalue weighted by atomic mass is 9.97. The Morgan fingerprint density at radius 1 is 0.903 bits per heavy atom. The molecular formula is C25H26N4O2. The standard InChI is InChI=1S/C25H26N4O2/c1-28(21-12-6-3-7-13-21)18-24(30)29-16-15-22-19(17-29)9-8-14-23(22)27-25(31)26-20-10-4-2-5-11-20/h2-14H,15-18H2,1H3,(H2,26,27,31). The Labute approximate surface area is 182 Å². The van der Waals surface area contributed by atoms with E-state index in [2.05, 4.69) is 10.6 Å². The van der Waals surface area contributed by atoms with Gasteiger partial charge in [0.2, 0.25) is 5.91 Å². The molecule has 0 unspecified atom stereocenters. The summed E-state index contributed by atoms with van der Waals surface area (Å²) < 4.78 is 0. The number of urea groups is 1. The number of hydrogen-bond acceptors (Lipinski definition) is 3.